The molecule has 2 rings (SSSR count). The number of hydrogen-bond donors (Lipinski definition) is 1. The fourth-order valence-electron chi connectivity index (χ4n) is 2.45. The molecule has 112 valence electrons. The highest BCUT2D eigenvalue weighted by atomic mass is 15.1. The molecule has 0 aromatic heterocycles. The van der Waals surface area contributed by atoms with Gasteiger partial charge in [0.25, 0.3) is 0 Å². The van der Waals surface area contributed by atoms with Gasteiger partial charge in [-0.2, -0.15) is 0 Å². The van der Waals surface area contributed by atoms with E-state index in [2.05, 4.69) is 74.2 Å². The highest BCUT2D eigenvalue weighted by Gasteiger charge is 2.07. The quantitative estimate of drug-likeness (QED) is 0.865. The Kier molecular flexibility index (Phi) is 5.40. The second-order valence-electron chi connectivity index (χ2n) is 5.73. The van der Waals surface area contributed by atoms with Crippen molar-refractivity contribution in [2.24, 2.45) is 5.73 Å². The minimum atomic E-state index is 0.429. The van der Waals surface area contributed by atoms with Gasteiger partial charge in [-0.15, -0.1) is 0 Å². The van der Waals surface area contributed by atoms with Gasteiger partial charge in [-0.1, -0.05) is 48.9 Å². The first-order valence-corrected chi connectivity index (χ1v) is 7.74. The molecule has 0 aliphatic carbocycles. The lowest BCUT2D eigenvalue weighted by Crippen LogP contribution is -2.21. The molecule has 2 aromatic rings. The molecule has 1 atom stereocenters. The zero-order chi connectivity index (χ0) is 15.2. The third kappa shape index (κ3) is 4.08. The van der Waals surface area contributed by atoms with Crippen molar-refractivity contribution in [3.63, 3.8) is 0 Å². The van der Waals surface area contributed by atoms with Crippen molar-refractivity contribution >= 4 is 5.69 Å². The number of nitrogens with zero attached hydrogens (tertiary/aromatic N) is 1. The minimum absolute atomic E-state index is 0.429. The van der Waals surface area contributed by atoms with Crippen LogP contribution in [0.3, 0.4) is 0 Å². The van der Waals surface area contributed by atoms with E-state index < -0.39 is 0 Å². The Morgan fingerprint density at radius 2 is 1.62 bits per heavy atom. The van der Waals surface area contributed by atoms with Crippen molar-refractivity contribution in [3.05, 3.63) is 65.2 Å². The number of benzene rings is 2. The van der Waals surface area contributed by atoms with Crippen molar-refractivity contribution in [2.75, 3.05) is 18.0 Å². The van der Waals surface area contributed by atoms with Gasteiger partial charge >= 0.3 is 0 Å². The van der Waals surface area contributed by atoms with E-state index in [1.807, 2.05) is 0 Å². The summed E-state index contributed by atoms with van der Waals surface area (Å²) in [5.74, 6) is 0.429. The van der Waals surface area contributed by atoms with Crippen LogP contribution in [0.4, 0.5) is 5.69 Å². The molecule has 0 saturated heterocycles. The predicted octanol–water partition coefficient (Wildman–Crippen LogP) is 4.08. The molecule has 0 fully saturated rings. The third-order valence-corrected chi connectivity index (χ3v) is 4.06. The lowest BCUT2D eigenvalue weighted by molar-refractivity contribution is 0.771. The number of rotatable bonds is 6. The van der Waals surface area contributed by atoms with E-state index in [4.69, 9.17) is 5.73 Å². The Hall–Kier alpha value is -1.80. The zero-order valence-electron chi connectivity index (χ0n) is 13.3. The Labute approximate surface area is 128 Å². The lowest BCUT2D eigenvalue weighted by Gasteiger charge is -2.23. The number of anilines is 1. The average molecular weight is 282 g/mol. The molecular formula is C19H26N2. The van der Waals surface area contributed by atoms with Crippen LogP contribution in [0, 0.1) is 6.92 Å². The summed E-state index contributed by atoms with van der Waals surface area (Å²) in [7, 11) is 0. The standard InChI is InChI=1S/C19H26N2/c1-4-21(19-11-5-15(2)6-12-19)14-17-7-9-18(10-8-17)16(3)13-20/h5-12,16H,4,13-14,20H2,1-3H3. The lowest BCUT2D eigenvalue weighted by atomic mass is 10.00. The summed E-state index contributed by atoms with van der Waals surface area (Å²) in [6.07, 6.45) is 0. The van der Waals surface area contributed by atoms with Crippen LogP contribution in [-0.4, -0.2) is 13.1 Å². The van der Waals surface area contributed by atoms with Crippen molar-refractivity contribution in [3.8, 4) is 0 Å². The number of aryl methyl sites for hydroxylation is 1. The number of nitrogens with two attached hydrogens (primary N) is 1. The average Bonchev–Trinajstić information content (AvgIpc) is 2.53. The summed E-state index contributed by atoms with van der Waals surface area (Å²) in [4.78, 5) is 2.39. The first-order valence-electron chi connectivity index (χ1n) is 7.74. The smallest absolute Gasteiger partial charge is 0.0429 e. The van der Waals surface area contributed by atoms with Gasteiger partial charge in [0, 0.05) is 18.8 Å². The van der Waals surface area contributed by atoms with Crippen LogP contribution in [0.2, 0.25) is 0 Å². The van der Waals surface area contributed by atoms with Gasteiger partial charge in [-0.25, -0.2) is 0 Å². The summed E-state index contributed by atoms with van der Waals surface area (Å²) in [6.45, 7) is 9.13. The van der Waals surface area contributed by atoms with Crippen LogP contribution in [0.5, 0.6) is 0 Å². The van der Waals surface area contributed by atoms with Gasteiger partial charge in [0.1, 0.15) is 0 Å². The molecule has 0 aliphatic rings. The molecular weight excluding hydrogens is 256 g/mol. The highest BCUT2D eigenvalue weighted by molar-refractivity contribution is 5.48. The molecule has 2 heteroatoms. The van der Waals surface area contributed by atoms with Gasteiger partial charge in [-0.3, -0.25) is 0 Å². The molecule has 0 spiro atoms. The van der Waals surface area contributed by atoms with E-state index >= 15 is 0 Å². The summed E-state index contributed by atoms with van der Waals surface area (Å²) >= 11 is 0. The second kappa shape index (κ2) is 7.28. The molecule has 0 saturated carbocycles. The Bertz CT molecular complexity index is 543. The van der Waals surface area contributed by atoms with E-state index in [0.29, 0.717) is 12.5 Å². The van der Waals surface area contributed by atoms with Crippen LogP contribution < -0.4 is 10.6 Å². The van der Waals surface area contributed by atoms with Gasteiger partial charge in [0.05, 0.1) is 0 Å². The maximum absolute atomic E-state index is 5.72. The summed E-state index contributed by atoms with van der Waals surface area (Å²) in [5, 5.41) is 0. The highest BCUT2D eigenvalue weighted by Crippen LogP contribution is 2.19. The fraction of sp³-hybridized carbons (Fsp3) is 0.368. The van der Waals surface area contributed by atoms with Crippen molar-refractivity contribution in [1.29, 1.82) is 0 Å². The van der Waals surface area contributed by atoms with E-state index in [1.54, 1.807) is 0 Å². The molecule has 0 radical (unpaired) electrons. The van der Waals surface area contributed by atoms with E-state index in [-0.39, 0.29) is 0 Å². The normalized spacial score (nSPS) is 12.2. The SMILES string of the molecule is CCN(Cc1ccc(C(C)CN)cc1)c1ccc(C)cc1. The van der Waals surface area contributed by atoms with Crippen molar-refractivity contribution < 1.29 is 0 Å². The predicted molar refractivity (Wildman–Crippen MR) is 91.8 cm³/mol. The first-order chi connectivity index (χ1) is 10.1. The molecule has 21 heavy (non-hydrogen) atoms. The maximum atomic E-state index is 5.72. The fourth-order valence-corrected chi connectivity index (χ4v) is 2.45. The Morgan fingerprint density at radius 3 is 2.14 bits per heavy atom. The Balaban J connectivity index is 2.09. The number of hydrogen-bond acceptors (Lipinski definition) is 2. The third-order valence-electron chi connectivity index (χ3n) is 4.06. The van der Waals surface area contributed by atoms with Crippen molar-refractivity contribution in [2.45, 2.75) is 33.2 Å². The van der Waals surface area contributed by atoms with Crippen LogP contribution in [0.25, 0.3) is 0 Å². The second-order valence-corrected chi connectivity index (χ2v) is 5.73. The van der Waals surface area contributed by atoms with Crippen LogP contribution >= 0.6 is 0 Å². The van der Waals surface area contributed by atoms with Gasteiger partial charge < -0.3 is 10.6 Å². The molecule has 2 nitrogen and oxygen atoms in total. The van der Waals surface area contributed by atoms with Gasteiger partial charge in [0.15, 0.2) is 0 Å². The summed E-state index contributed by atoms with van der Waals surface area (Å²) in [5.41, 5.74) is 11.0. The molecule has 2 aromatic carbocycles. The molecule has 0 amide bonds. The Morgan fingerprint density at radius 1 is 1.00 bits per heavy atom. The minimum Gasteiger partial charge on any atom is -0.367 e. The van der Waals surface area contributed by atoms with Gasteiger partial charge in [-0.05, 0) is 49.6 Å². The maximum Gasteiger partial charge on any atom is 0.0429 e. The van der Waals surface area contributed by atoms with Gasteiger partial charge in [0.2, 0.25) is 0 Å². The monoisotopic (exact) mass is 282 g/mol. The summed E-state index contributed by atoms with van der Waals surface area (Å²) in [6, 6.07) is 17.6. The van der Waals surface area contributed by atoms with E-state index in [0.717, 1.165) is 13.1 Å². The topological polar surface area (TPSA) is 29.3 Å². The van der Waals surface area contributed by atoms with Crippen LogP contribution in [-0.2, 0) is 6.54 Å². The molecule has 0 bridgehead atoms. The first kappa shape index (κ1) is 15.6. The summed E-state index contributed by atoms with van der Waals surface area (Å²) < 4.78 is 0. The van der Waals surface area contributed by atoms with Crippen molar-refractivity contribution in [1.82, 2.24) is 0 Å². The molecule has 0 aliphatic heterocycles. The van der Waals surface area contributed by atoms with E-state index in [1.165, 1.54) is 22.4 Å². The molecule has 1 unspecified atom stereocenters. The van der Waals surface area contributed by atoms with E-state index in [9.17, 15) is 0 Å². The zero-order valence-corrected chi connectivity index (χ0v) is 13.3. The van der Waals surface area contributed by atoms with Crippen LogP contribution in [0.15, 0.2) is 48.5 Å². The molecule has 0 heterocycles. The molecule has 2 N–H and O–H groups in total. The largest absolute Gasteiger partial charge is 0.367 e. The van der Waals surface area contributed by atoms with Crippen LogP contribution in [0.1, 0.15) is 36.5 Å².